The van der Waals surface area contributed by atoms with Crippen LogP contribution in [0.4, 0.5) is 3.89 Å². The van der Waals surface area contributed by atoms with Gasteiger partial charge in [0.15, 0.2) is 0 Å². The fourth-order valence-corrected chi connectivity index (χ4v) is 0.510. The molecule has 0 aromatic carbocycles. The lowest BCUT2D eigenvalue weighted by Gasteiger charge is -1.76. The number of hydrogen-bond acceptors (Lipinski definition) is 3. The average Bonchev–Trinajstić information content (AvgIpc) is 2.07. The van der Waals surface area contributed by atoms with Crippen LogP contribution < -0.4 is 0 Å². The largest absolute Gasteiger partial charge is 0.435 e. The molecular formula is C4H9FO4S. The van der Waals surface area contributed by atoms with Gasteiger partial charge in [0.05, 0.1) is 0 Å². The highest BCUT2D eigenvalue weighted by molar-refractivity contribution is 7.80. The zero-order valence-electron chi connectivity index (χ0n) is 5.29. The van der Waals surface area contributed by atoms with Crippen LogP contribution in [0.15, 0.2) is 0 Å². The lowest BCUT2D eigenvalue weighted by molar-refractivity contribution is 0.198. The van der Waals surface area contributed by atoms with Crippen molar-refractivity contribution in [2.75, 3.05) is 13.2 Å². The summed E-state index contributed by atoms with van der Waals surface area (Å²) < 4.78 is 39.0. The summed E-state index contributed by atoms with van der Waals surface area (Å²) in [5.41, 5.74) is 0. The van der Waals surface area contributed by atoms with Crippen molar-refractivity contribution >= 4 is 10.5 Å². The van der Waals surface area contributed by atoms with Crippen molar-refractivity contribution in [2.24, 2.45) is 0 Å². The van der Waals surface area contributed by atoms with Gasteiger partial charge < -0.3 is 4.74 Å². The first-order valence-corrected chi connectivity index (χ1v) is 4.09. The average molecular weight is 172 g/mol. The van der Waals surface area contributed by atoms with Crippen molar-refractivity contribution < 1.29 is 21.6 Å². The van der Waals surface area contributed by atoms with Gasteiger partial charge in [-0.15, -0.1) is 0 Å². The molecule has 0 aromatic heterocycles. The summed E-state index contributed by atoms with van der Waals surface area (Å²) in [6.07, 6.45) is 2.56. The van der Waals surface area contributed by atoms with Crippen molar-refractivity contribution in [1.29, 1.82) is 0 Å². The first-order chi connectivity index (χ1) is 4.50. The summed E-state index contributed by atoms with van der Waals surface area (Å²) in [7, 11) is -5.17. The lowest BCUT2D eigenvalue weighted by atomic mass is 10.4. The Kier molecular flexibility index (Phi) is 4.50. The van der Waals surface area contributed by atoms with E-state index in [2.05, 4.69) is 0 Å². The number of hydrogen-bond donors (Lipinski definition) is 1. The topological polar surface area (TPSA) is 63.6 Å². The molecule has 1 heterocycles. The molecule has 62 valence electrons. The summed E-state index contributed by atoms with van der Waals surface area (Å²) in [5.74, 6) is 0. The van der Waals surface area contributed by atoms with Gasteiger partial charge in [0.2, 0.25) is 0 Å². The molecule has 1 rings (SSSR count). The quantitative estimate of drug-likeness (QED) is 0.428. The number of halogens is 1. The first-order valence-electron chi connectivity index (χ1n) is 2.75. The van der Waals surface area contributed by atoms with Gasteiger partial charge in [0.1, 0.15) is 0 Å². The second kappa shape index (κ2) is 4.59. The van der Waals surface area contributed by atoms with E-state index in [1.165, 1.54) is 12.8 Å². The number of rotatable bonds is 0. The molecular weight excluding hydrogens is 163 g/mol. The molecule has 0 aliphatic carbocycles. The van der Waals surface area contributed by atoms with Crippen molar-refractivity contribution in [3.8, 4) is 0 Å². The maximum Gasteiger partial charge on any atom is 0.435 e. The highest BCUT2D eigenvalue weighted by Crippen LogP contribution is 1.98. The molecule has 0 aromatic rings. The third kappa shape index (κ3) is 15.7. The van der Waals surface area contributed by atoms with Crippen LogP contribution in [-0.4, -0.2) is 26.2 Å². The van der Waals surface area contributed by atoms with Crippen molar-refractivity contribution in [3.05, 3.63) is 0 Å². The predicted octanol–water partition coefficient (Wildman–Crippen LogP) is 0.556. The Bertz CT molecular complexity index is 144. The van der Waals surface area contributed by atoms with E-state index >= 15 is 0 Å². The fourth-order valence-electron chi connectivity index (χ4n) is 0.510. The minimum atomic E-state index is -5.17. The Morgan fingerprint density at radius 1 is 1.30 bits per heavy atom. The Balaban J connectivity index is 0.000000162. The molecule has 1 aliphatic rings. The van der Waals surface area contributed by atoms with Gasteiger partial charge in [-0.05, 0) is 12.8 Å². The molecule has 0 atom stereocenters. The molecule has 10 heavy (non-hydrogen) atoms. The monoisotopic (exact) mass is 172 g/mol. The second-order valence-electron chi connectivity index (χ2n) is 1.73. The standard InChI is InChI=1S/C4H8O.FHO3S/c1-2-4-5-3-1;1-5(2,3)4/h1-4H2;(H,2,3,4). The molecule has 0 amide bonds. The van der Waals surface area contributed by atoms with Gasteiger partial charge in [-0.25, -0.2) is 0 Å². The molecule has 0 bridgehead atoms. The van der Waals surface area contributed by atoms with Crippen LogP contribution in [0.3, 0.4) is 0 Å². The molecule has 0 spiro atoms. The van der Waals surface area contributed by atoms with E-state index in [9.17, 15) is 3.89 Å². The summed E-state index contributed by atoms with van der Waals surface area (Å²) in [6, 6.07) is 0. The van der Waals surface area contributed by atoms with Gasteiger partial charge in [-0.2, -0.15) is 8.42 Å². The van der Waals surface area contributed by atoms with Crippen LogP contribution >= 0.6 is 0 Å². The lowest BCUT2D eigenvalue weighted by Crippen LogP contribution is -1.80. The van der Waals surface area contributed by atoms with Crippen LogP contribution in [0.25, 0.3) is 0 Å². The maximum absolute atomic E-state index is 10.2. The minimum Gasteiger partial charge on any atom is -0.381 e. The van der Waals surface area contributed by atoms with Gasteiger partial charge in [-0.3, -0.25) is 4.55 Å². The molecule has 1 aliphatic heterocycles. The van der Waals surface area contributed by atoms with Crippen LogP contribution in [-0.2, 0) is 15.2 Å². The van der Waals surface area contributed by atoms with E-state index in [0.717, 1.165) is 13.2 Å². The van der Waals surface area contributed by atoms with E-state index in [1.54, 1.807) is 0 Å². The van der Waals surface area contributed by atoms with E-state index < -0.39 is 10.5 Å². The molecule has 0 saturated carbocycles. The predicted molar refractivity (Wildman–Crippen MR) is 32.7 cm³/mol. The minimum absolute atomic E-state index is 1.00. The summed E-state index contributed by atoms with van der Waals surface area (Å²) in [5, 5.41) is 0. The molecule has 4 nitrogen and oxygen atoms in total. The molecule has 0 unspecified atom stereocenters. The third-order valence-corrected chi connectivity index (χ3v) is 0.827. The van der Waals surface area contributed by atoms with Crippen LogP contribution in [0.5, 0.6) is 0 Å². The second-order valence-corrected chi connectivity index (χ2v) is 2.56. The van der Waals surface area contributed by atoms with Gasteiger partial charge in [0.25, 0.3) is 0 Å². The zero-order valence-corrected chi connectivity index (χ0v) is 6.10. The van der Waals surface area contributed by atoms with Crippen LogP contribution in [0.2, 0.25) is 0 Å². The van der Waals surface area contributed by atoms with E-state index in [0.29, 0.717) is 0 Å². The van der Waals surface area contributed by atoms with Gasteiger partial charge >= 0.3 is 10.5 Å². The Hall–Kier alpha value is -0.200. The highest BCUT2D eigenvalue weighted by atomic mass is 32.3. The van der Waals surface area contributed by atoms with E-state index in [1.807, 2.05) is 0 Å². The summed E-state index contributed by atoms with van der Waals surface area (Å²) in [6.45, 7) is 2.00. The summed E-state index contributed by atoms with van der Waals surface area (Å²) in [4.78, 5) is 0. The van der Waals surface area contributed by atoms with Crippen LogP contribution in [0, 0.1) is 0 Å². The molecule has 6 heteroatoms. The highest BCUT2D eigenvalue weighted by Gasteiger charge is 1.94. The SMILES string of the molecule is C1CCOC1.O=S(=O)(O)F. The van der Waals surface area contributed by atoms with Gasteiger partial charge in [-0.1, -0.05) is 3.89 Å². The van der Waals surface area contributed by atoms with Crippen molar-refractivity contribution in [2.45, 2.75) is 12.8 Å². The smallest absolute Gasteiger partial charge is 0.381 e. The number of ether oxygens (including phenoxy) is 1. The first kappa shape index (κ1) is 9.80. The Labute approximate surface area is 59.0 Å². The Morgan fingerprint density at radius 2 is 1.60 bits per heavy atom. The van der Waals surface area contributed by atoms with Gasteiger partial charge in [0, 0.05) is 13.2 Å². The molecule has 0 radical (unpaired) electrons. The summed E-state index contributed by atoms with van der Waals surface area (Å²) >= 11 is 0. The maximum atomic E-state index is 10.2. The molecule has 1 N–H and O–H groups in total. The fraction of sp³-hybridized carbons (Fsp3) is 1.00. The normalized spacial score (nSPS) is 17.8. The van der Waals surface area contributed by atoms with E-state index in [4.69, 9.17) is 17.7 Å². The van der Waals surface area contributed by atoms with Crippen molar-refractivity contribution in [1.82, 2.24) is 0 Å². The van der Waals surface area contributed by atoms with Crippen LogP contribution in [0.1, 0.15) is 12.8 Å². The molecule has 1 saturated heterocycles. The zero-order chi connectivity index (χ0) is 8.04. The molecule has 1 fully saturated rings. The van der Waals surface area contributed by atoms with E-state index in [-0.39, 0.29) is 0 Å². The third-order valence-electron chi connectivity index (χ3n) is 0.827. The Morgan fingerprint density at radius 3 is 1.70 bits per heavy atom. The van der Waals surface area contributed by atoms with Crippen molar-refractivity contribution in [3.63, 3.8) is 0 Å².